The fourth-order valence-corrected chi connectivity index (χ4v) is 1.93. The van der Waals surface area contributed by atoms with Crippen LogP contribution in [0.5, 0.6) is 5.75 Å². The van der Waals surface area contributed by atoms with Crippen molar-refractivity contribution in [2.24, 2.45) is 0 Å². The van der Waals surface area contributed by atoms with Crippen LogP contribution in [-0.4, -0.2) is 31.4 Å². The second-order valence-electron chi connectivity index (χ2n) is 4.38. The van der Waals surface area contributed by atoms with Crippen molar-refractivity contribution in [1.82, 2.24) is 4.90 Å². The predicted octanol–water partition coefficient (Wildman–Crippen LogP) is 2.60. The Morgan fingerprint density at radius 3 is 2.74 bits per heavy atom. The van der Waals surface area contributed by atoms with Crippen LogP contribution in [0, 0.1) is 0 Å². The third-order valence-corrected chi connectivity index (χ3v) is 2.83. The molecule has 4 nitrogen and oxygen atoms in total. The van der Waals surface area contributed by atoms with Gasteiger partial charge in [-0.15, -0.1) is 0 Å². The smallest absolute Gasteiger partial charge is 0.180 e. The molecule has 0 aliphatic rings. The van der Waals surface area contributed by atoms with Crippen LogP contribution in [0.3, 0.4) is 0 Å². The Morgan fingerprint density at radius 2 is 2.05 bits per heavy atom. The summed E-state index contributed by atoms with van der Waals surface area (Å²) < 4.78 is 10.5. The highest BCUT2D eigenvalue weighted by atomic mass is 16.5. The summed E-state index contributed by atoms with van der Waals surface area (Å²) in [5.74, 6) is 1.49. The van der Waals surface area contributed by atoms with Crippen molar-refractivity contribution in [3.63, 3.8) is 0 Å². The molecular formula is C15H17NO3. The zero-order chi connectivity index (χ0) is 13.7. The van der Waals surface area contributed by atoms with Crippen molar-refractivity contribution in [2.75, 3.05) is 20.7 Å². The molecule has 100 valence electrons. The van der Waals surface area contributed by atoms with Gasteiger partial charge in [0, 0.05) is 0 Å². The van der Waals surface area contributed by atoms with Crippen molar-refractivity contribution in [1.29, 1.82) is 0 Å². The summed E-state index contributed by atoms with van der Waals surface area (Å²) in [6.07, 6.45) is 1.63. The standard InChI is InChI=1S/C15H17NO3/c1-16(10-12-6-5-9-19-12)11-14(17)13-7-3-4-8-15(13)18-2/h3-9H,10-11H2,1-2H3. The normalized spacial score (nSPS) is 10.7. The summed E-state index contributed by atoms with van der Waals surface area (Å²) in [6.45, 7) is 0.926. The lowest BCUT2D eigenvalue weighted by molar-refractivity contribution is 0.0936. The van der Waals surface area contributed by atoms with Gasteiger partial charge in [-0.25, -0.2) is 0 Å². The molecule has 0 aliphatic carbocycles. The SMILES string of the molecule is COc1ccccc1C(=O)CN(C)Cc1ccco1. The molecule has 0 radical (unpaired) electrons. The molecule has 0 saturated carbocycles. The number of nitrogens with zero attached hydrogens (tertiary/aromatic N) is 1. The number of furan rings is 1. The minimum Gasteiger partial charge on any atom is -0.496 e. The van der Waals surface area contributed by atoms with Crippen LogP contribution in [0.4, 0.5) is 0 Å². The van der Waals surface area contributed by atoms with Crippen LogP contribution >= 0.6 is 0 Å². The van der Waals surface area contributed by atoms with Gasteiger partial charge in [0.25, 0.3) is 0 Å². The fourth-order valence-electron chi connectivity index (χ4n) is 1.93. The average molecular weight is 259 g/mol. The Bertz CT molecular complexity index is 534. The molecule has 4 heteroatoms. The van der Waals surface area contributed by atoms with Crippen LogP contribution in [0.1, 0.15) is 16.1 Å². The number of Topliss-reactive ketones (excluding diaryl/α,β-unsaturated/α-hetero) is 1. The summed E-state index contributed by atoms with van der Waals surface area (Å²) >= 11 is 0. The Kier molecular flexibility index (Phi) is 4.36. The number of hydrogen-bond donors (Lipinski definition) is 0. The topological polar surface area (TPSA) is 42.7 Å². The molecule has 1 heterocycles. The minimum atomic E-state index is 0.0338. The third-order valence-electron chi connectivity index (χ3n) is 2.83. The molecule has 0 atom stereocenters. The third kappa shape index (κ3) is 3.45. The monoisotopic (exact) mass is 259 g/mol. The molecule has 19 heavy (non-hydrogen) atoms. The molecule has 2 rings (SSSR count). The number of methoxy groups -OCH3 is 1. The van der Waals surface area contributed by atoms with E-state index in [0.717, 1.165) is 5.76 Å². The van der Waals surface area contributed by atoms with Crippen LogP contribution < -0.4 is 4.74 Å². The number of hydrogen-bond acceptors (Lipinski definition) is 4. The first-order valence-electron chi connectivity index (χ1n) is 6.08. The number of para-hydroxylation sites is 1. The van der Waals surface area contributed by atoms with Gasteiger partial charge in [0.15, 0.2) is 5.78 Å². The molecule has 0 aliphatic heterocycles. The Balaban J connectivity index is 2.00. The quantitative estimate of drug-likeness (QED) is 0.748. The molecule has 2 aromatic rings. The van der Waals surface area contributed by atoms with Crippen LogP contribution in [0.25, 0.3) is 0 Å². The van der Waals surface area contributed by atoms with Gasteiger partial charge < -0.3 is 9.15 Å². The highest BCUT2D eigenvalue weighted by Crippen LogP contribution is 2.18. The molecule has 0 spiro atoms. The van der Waals surface area contributed by atoms with Crippen molar-refractivity contribution in [3.05, 3.63) is 54.0 Å². The number of ether oxygens (including phenoxy) is 1. The highest BCUT2D eigenvalue weighted by Gasteiger charge is 2.14. The van der Waals surface area contributed by atoms with Crippen LogP contribution in [0.2, 0.25) is 0 Å². The molecule has 0 amide bonds. The molecule has 0 saturated heterocycles. The van der Waals surface area contributed by atoms with Crippen molar-refractivity contribution in [3.8, 4) is 5.75 Å². The number of carbonyl (C=O) groups is 1. The van der Waals surface area contributed by atoms with Crippen molar-refractivity contribution < 1.29 is 13.9 Å². The van der Waals surface area contributed by atoms with Gasteiger partial charge in [-0.05, 0) is 31.3 Å². The largest absolute Gasteiger partial charge is 0.496 e. The van der Waals surface area contributed by atoms with E-state index >= 15 is 0 Å². The molecule has 0 bridgehead atoms. The fraction of sp³-hybridized carbons (Fsp3) is 0.267. The number of ketones is 1. The average Bonchev–Trinajstić information content (AvgIpc) is 2.91. The molecule has 0 N–H and O–H groups in total. The number of carbonyl (C=O) groups excluding carboxylic acids is 1. The minimum absolute atomic E-state index is 0.0338. The lowest BCUT2D eigenvalue weighted by Gasteiger charge is -2.15. The van der Waals surface area contributed by atoms with E-state index in [4.69, 9.17) is 9.15 Å². The van der Waals surface area contributed by atoms with Gasteiger partial charge in [0.2, 0.25) is 0 Å². The second-order valence-corrected chi connectivity index (χ2v) is 4.38. The maximum atomic E-state index is 12.2. The van der Waals surface area contributed by atoms with Crippen LogP contribution in [-0.2, 0) is 6.54 Å². The number of benzene rings is 1. The van der Waals surface area contributed by atoms with Gasteiger partial charge in [0.05, 0.1) is 32.0 Å². The Morgan fingerprint density at radius 1 is 1.26 bits per heavy atom. The summed E-state index contributed by atoms with van der Waals surface area (Å²) in [6, 6.07) is 11.0. The van der Waals surface area contributed by atoms with E-state index in [1.54, 1.807) is 25.5 Å². The van der Waals surface area contributed by atoms with Crippen molar-refractivity contribution in [2.45, 2.75) is 6.54 Å². The molecule has 0 fully saturated rings. The molecule has 1 aromatic heterocycles. The molecule has 0 unspecified atom stereocenters. The van der Waals surface area contributed by atoms with E-state index in [0.29, 0.717) is 24.4 Å². The van der Waals surface area contributed by atoms with Gasteiger partial charge in [-0.1, -0.05) is 12.1 Å². The maximum absolute atomic E-state index is 12.2. The van der Waals surface area contributed by atoms with Gasteiger partial charge in [0.1, 0.15) is 11.5 Å². The summed E-state index contributed by atoms with van der Waals surface area (Å²) in [7, 11) is 3.45. The number of likely N-dealkylation sites (N-methyl/N-ethyl adjacent to an activating group) is 1. The lowest BCUT2D eigenvalue weighted by Crippen LogP contribution is -2.25. The predicted molar refractivity (Wildman–Crippen MR) is 72.4 cm³/mol. The summed E-state index contributed by atoms with van der Waals surface area (Å²) in [5, 5.41) is 0. The first-order chi connectivity index (χ1) is 9.20. The second kappa shape index (κ2) is 6.20. The first-order valence-corrected chi connectivity index (χ1v) is 6.08. The zero-order valence-corrected chi connectivity index (χ0v) is 11.1. The summed E-state index contributed by atoms with van der Waals surface area (Å²) in [4.78, 5) is 14.1. The Labute approximate surface area is 112 Å². The van der Waals surface area contributed by atoms with Crippen LogP contribution in [0.15, 0.2) is 47.1 Å². The zero-order valence-electron chi connectivity index (χ0n) is 11.1. The maximum Gasteiger partial charge on any atom is 0.180 e. The lowest BCUT2D eigenvalue weighted by atomic mass is 10.1. The van der Waals surface area contributed by atoms with E-state index in [9.17, 15) is 4.79 Å². The molecular weight excluding hydrogens is 242 g/mol. The van der Waals surface area contributed by atoms with E-state index < -0.39 is 0 Å². The van der Waals surface area contributed by atoms with E-state index in [1.807, 2.05) is 36.2 Å². The van der Waals surface area contributed by atoms with E-state index in [1.165, 1.54) is 0 Å². The molecule has 1 aromatic carbocycles. The van der Waals surface area contributed by atoms with Gasteiger partial charge in [-0.2, -0.15) is 0 Å². The first kappa shape index (κ1) is 13.4. The van der Waals surface area contributed by atoms with Crippen molar-refractivity contribution >= 4 is 5.78 Å². The van der Waals surface area contributed by atoms with E-state index in [2.05, 4.69) is 0 Å². The van der Waals surface area contributed by atoms with E-state index in [-0.39, 0.29) is 5.78 Å². The summed E-state index contributed by atoms with van der Waals surface area (Å²) in [5.41, 5.74) is 0.608. The van der Waals surface area contributed by atoms with Gasteiger partial charge in [-0.3, -0.25) is 9.69 Å². The highest BCUT2D eigenvalue weighted by molar-refractivity contribution is 6.00. The Hall–Kier alpha value is -2.07. The number of rotatable bonds is 6. The van der Waals surface area contributed by atoms with Gasteiger partial charge >= 0.3 is 0 Å².